The van der Waals surface area contributed by atoms with Crippen LogP contribution in [0.5, 0.6) is 0 Å². The second-order valence-electron chi connectivity index (χ2n) is 6.66. The van der Waals surface area contributed by atoms with Crippen LogP contribution >= 0.6 is 11.6 Å². The van der Waals surface area contributed by atoms with Crippen molar-refractivity contribution in [1.82, 2.24) is 24.8 Å². The molecule has 144 valence electrons. The van der Waals surface area contributed by atoms with Gasteiger partial charge in [0.2, 0.25) is 5.91 Å². The number of carbonyl (C=O) groups excluding carboxylic acids is 2. The van der Waals surface area contributed by atoms with Gasteiger partial charge in [0, 0.05) is 37.1 Å². The van der Waals surface area contributed by atoms with Crippen LogP contribution < -0.4 is 0 Å². The molecule has 1 fully saturated rings. The summed E-state index contributed by atoms with van der Waals surface area (Å²) < 4.78 is 1.43. The quantitative estimate of drug-likeness (QED) is 0.760. The predicted octanol–water partition coefficient (Wildman–Crippen LogP) is 2.43. The topological polar surface area (TPSA) is 71.3 Å². The normalized spacial score (nSPS) is 16.6. The van der Waals surface area contributed by atoms with Crippen LogP contribution in [0.15, 0.2) is 30.5 Å². The zero-order valence-corrected chi connectivity index (χ0v) is 16.4. The highest BCUT2D eigenvalue weighted by Crippen LogP contribution is 2.29. The standard InChI is InChI=1S/C19H24ClN5O2/c1-3-23(4-2)18(26)13-25-12-17(21-22-25)19(27)24-9-8-15(11-24)14-6-5-7-16(20)10-14/h5-7,10,12,15H,3-4,8-9,11,13H2,1-2H3/t15-/m1/s1. The lowest BCUT2D eigenvalue weighted by atomic mass is 9.99. The van der Waals surface area contributed by atoms with E-state index in [1.54, 1.807) is 16.0 Å². The summed E-state index contributed by atoms with van der Waals surface area (Å²) in [5.74, 6) is 0.0825. The molecule has 7 nitrogen and oxygen atoms in total. The fourth-order valence-corrected chi connectivity index (χ4v) is 3.63. The molecule has 1 aliphatic rings. The molecule has 3 rings (SSSR count). The maximum atomic E-state index is 12.7. The highest BCUT2D eigenvalue weighted by atomic mass is 35.5. The van der Waals surface area contributed by atoms with Gasteiger partial charge in [-0.2, -0.15) is 0 Å². The number of benzene rings is 1. The van der Waals surface area contributed by atoms with Crippen molar-refractivity contribution in [3.63, 3.8) is 0 Å². The smallest absolute Gasteiger partial charge is 0.276 e. The van der Waals surface area contributed by atoms with Gasteiger partial charge in [0.05, 0.1) is 6.20 Å². The van der Waals surface area contributed by atoms with Crippen LogP contribution in [0.3, 0.4) is 0 Å². The number of likely N-dealkylation sites (N-methyl/N-ethyl adjacent to an activating group) is 1. The molecule has 0 aliphatic carbocycles. The van der Waals surface area contributed by atoms with Crippen LogP contribution in [0, 0.1) is 0 Å². The van der Waals surface area contributed by atoms with E-state index in [1.807, 2.05) is 38.1 Å². The molecule has 1 aromatic carbocycles. The maximum Gasteiger partial charge on any atom is 0.276 e. The Morgan fingerprint density at radius 1 is 1.30 bits per heavy atom. The number of halogens is 1. The Hall–Kier alpha value is -2.41. The molecule has 0 unspecified atom stereocenters. The SMILES string of the molecule is CCN(CC)C(=O)Cn1cc(C(=O)N2CC[C@@H](c3cccc(Cl)c3)C2)nn1. The van der Waals surface area contributed by atoms with Crippen molar-refractivity contribution < 1.29 is 9.59 Å². The van der Waals surface area contributed by atoms with E-state index in [-0.39, 0.29) is 30.0 Å². The molecule has 1 aliphatic heterocycles. The number of amides is 2. The van der Waals surface area contributed by atoms with Crippen molar-refractivity contribution in [3.8, 4) is 0 Å². The number of hydrogen-bond donors (Lipinski definition) is 0. The highest BCUT2D eigenvalue weighted by Gasteiger charge is 2.29. The van der Waals surface area contributed by atoms with Crippen molar-refractivity contribution in [3.05, 3.63) is 46.7 Å². The van der Waals surface area contributed by atoms with Crippen LogP contribution in [0.4, 0.5) is 0 Å². The van der Waals surface area contributed by atoms with Gasteiger partial charge in [-0.3, -0.25) is 9.59 Å². The van der Waals surface area contributed by atoms with Crippen molar-refractivity contribution in [1.29, 1.82) is 0 Å². The molecule has 0 N–H and O–H groups in total. The van der Waals surface area contributed by atoms with Crippen LogP contribution in [-0.4, -0.2) is 62.8 Å². The predicted molar refractivity (Wildman–Crippen MR) is 103 cm³/mol. The maximum absolute atomic E-state index is 12.7. The molecule has 1 saturated heterocycles. The van der Waals surface area contributed by atoms with Gasteiger partial charge in [-0.25, -0.2) is 4.68 Å². The minimum absolute atomic E-state index is 0.0360. The molecule has 0 saturated carbocycles. The minimum atomic E-state index is -0.152. The molecule has 0 spiro atoms. The summed E-state index contributed by atoms with van der Waals surface area (Å²) >= 11 is 6.07. The number of hydrogen-bond acceptors (Lipinski definition) is 4. The fraction of sp³-hybridized carbons (Fsp3) is 0.474. The van der Waals surface area contributed by atoms with E-state index in [0.717, 1.165) is 12.0 Å². The van der Waals surface area contributed by atoms with Gasteiger partial charge in [-0.15, -0.1) is 5.10 Å². The first kappa shape index (κ1) is 19.4. The van der Waals surface area contributed by atoms with Crippen molar-refractivity contribution in [2.24, 2.45) is 0 Å². The highest BCUT2D eigenvalue weighted by molar-refractivity contribution is 6.30. The Morgan fingerprint density at radius 3 is 2.78 bits per heavy atom. The molecule has 8 heteroatoms. The Balaban J connectivity index is 1.62. The monoisotopic (exact) mass is 389 g/mol. The van der Waals surface area contributed by atoms with E-state index >= 15 is 0 Å². The lowest BCUT2D eigenvalue weighted by molar-refractivity contribution is -0.131. The van der Waals surface area contributed by atoms with Crippen LogP contribution in [0.25, 0.3) is 0 Å². The zero-order chi connectivity index (χ0) is 19.4. The lowest BCUT2D eigenvalue weighted by Crippen LogP contribution is -2.33. The average molecular weight is 390 g/mol. The fourth-order valence-electron chi connectivity index (χ4n) is 3.43. The zero-order valence-electron chi connectivity index (χ0n) is 15.6. The van der Waals surface area contributed by atoms with Gasteiger partial charge in [-0.1, -0.05) is 28.9 Å². The van der Waals surface area contributed by atoms with E-state index in [2.05, 4.69) is 10.3 Å². The van der Waals surface area contributed by atoms with Gasteiger partial charge in [0.15, 0.2) is 5.69 Å². The van der Waals surface area contributed by atoms with Crippen molar-refractivity contribution >= 4 is 23.4 Å². The van der Waals surface area contributed by atoms with Gasteiger partial charge in [0.25, 0.3) is 5.91 Å². The van der Waals surface area contributed by atoms with E-state index in [0.29, 0.717) is 31.2 Å². The molecular formula is C19H24ClN5O2. The largest absolute Gasteiger partial charge is 0.342 e. The van der Waals surface area contributed by atoms with Crippen LogP contribution in [0.1, 0.15) is 42.2 Å². The third-order valence-electron chi connectivity index (χ3n) is 4.97. The summed E-state index contributed by atoms with van der Waals surface area (Å²) in [4.78, 5) is 28.4. The first-order chi connectivity index (χ1) is 13.0. The van der Waals surface area contributed by atoms with E-state index in [1.165, 1.54) is 4.68 Å². The summed E-state index contributed by atoms with van der Waals surface area (Å²) in [5.41, 5.74) is 1.42. The molecule has 0 radical (unpaired) electrons. The number of aromatic nitrogens is 3. The Morgan fingerprint density at radius 2 is 2.07 bits per heavy atom. The number of rotatable bonds is 6. The molecule has 1 atom stereocenters. The molecule has 27 heavy (non-hydrogen) atoms. The van der Waals surface area contributed by atoms with Gasteiger partial charge < -0.3 is 9.80 Å². The molecule has 1 aromatic heterocycles. The van der Waals surface area contributed by atoms with E-state index in [4.69, 9.17) is 11.6 Å². The summed E-state index contributed by atoms with van der Waals surface area (Å²) in [6, 6.07) is 7.77. The number of likely N-dealkylation sites (tertiary alicyclic amines) is 1. The van der Waals surface area contributed by atoms with Crippen LogP contribution in [-0.2, 0) is 11.3 Å². The van der Waals surface area contributed by atoms with Crippen molar-refractivity contribution in [2.45, 2.75) is 32.7 Å². The van der Waals surface area contributed by atoms with E-state index in [9.17, 15) is 9.59 Å². The van der Waals surface area contributed by atoms with E-state index < -0.39 is 0 Å². The Bertz CT molecular complexity index is 818. The molecular weight excluding hydrogens is 366 g/mol. The van der Waals surface area contributed by atoms with Crippen molar-refractivity contribution in [2.75, 3.05) is 26.2 Å². The first-order valence-electron chi connectivity index (χ1n) is 9.24. The molecule has 2 heterocycles. The summed E-state index contributed by atoms with van der Waals surface area (Å²) in [6.07, 6.45) is 2.44. The number of carbonyl (C=O) groups is 2. The van der Waals surface area contributed by atoms with Gasteiger partial charge in [-0.05, 0) is 38.0 Å². The van der Waals surface area contributed by atoms with Gasteiger partial charge in [0.1, 0.15) is 6.54 Å². The summed E-state index contributed by atoms with van der Waals surface area (Å²) in [7, 11) is 0. The lowest BCUT2D eigenvalue weighted by Gasteiger charge is -2.18. The second kappa shape index (κ2) is 8.52. The summed E-state index contributed by atoms with van der Waals surface area (Å²) in [6.45, 7) is 6.55. The second-order valence-corrected chi connectivity index (χ2v) is 7.10. The minimum Gasteiger partial charge on any atom is -0.342 e. The Kier molecular flexibility index (Phi) is 6.11. The number of nitrogens with zero attached hydrogens (tertiary/aromatic N) is 5. The van der Waals surface area contributed by atoms with Crippen LogP contribution in [0.2, 0.25) is 5.02 Å². The Labute approximate surface area is 163 Å². The third kappa shape index (κ3) is 4.47. The summed E-state index contributed by atoms with van der Waals surface area (Å²) in [5, 5.41) is 8.62. The molecule has 2 amide bonds. The van der Waals surface area contributed by atoms with Gasteiger partial charge >= 0.3 is 0 Å². The molecule has 0 bridgehead atoms. The first-order valence-corrected chi connectivity index (χ1v) is 9.62. The molecule has 2 aromatic rings. The third-order valence-corrected chi connectivity index (χ3v) is 5.20. The average Bonchev–Trinajstić information content (AvgIpc) is 3.32.